The predicted octanol–water partition coefficient (Wildman–Crippen LogP) is 3.42. The number of hydrogen-bond acceptors (Lipinski definition) is 2. The lowest BCUT2D eigenvalue weighted by atomic mass is 9.82. The van der Waals surface area contributed by atoms with Crippen molar-refractivity contribution in [3.63, 3.8) is 0 Å². The molecule has 1 N–H and O–H groups in total. The van der Waals surface area contributed by atoms with Crippen molar-refractivity contribution in [3.8, 4) is 0 Å². The van der Waals surface area contributed by atoms with Gasteiger partial charge in [-0.05, 0) is 50.6 Å². The third kappa shape index (κ3) is 4.64. The highest BCUT2D eigenvalue weighted by molar-refractivity contribution is 5.12. The third-order valence-corrected chi connectivity index (χ3v) is 4.02. The van der Waals surface area contributed by atoms with Gasteiger partial charge in [-0.15, -0.1) is 0 Å². The molecule has 1 heterocycles. The molecule has 3 heteroatoms. The molecule has 1 unspecified atom stereocenters. The molecule has 0 aromatic carbocycles. The van der Waals surface area contributed by atoms with Crippen LogP contribution in [0.15, 0.2) is 6.07 Å². The summed E-state index contributed by atoms with van der Waals surface area (Å²) in [6.07, 6.45) is 4.53. The molecule has 1 aromatic rings. The van der Waals surface area contributed by atoms with Crippen molar-refractivity contribution in [1.29, 1.82) is 0 Å². The summed E-state index contributed by atoms with van der Waals surface area (Å²) in [5, 5.41) is 8.23. The van der Waals surface area contributed by atoms with E-state index in [0.29, 0.717) is 5.41 Å². The Labute approximate surface area is 118 Å². The topological polar surface area (TPSA) is 29.9 Å². The molecule has 0 radical (unpaired) electrons. The number of rotatable bonds is 9. The first-order valence-corrected chi connectivity index (χ1v) is 7.84. The predicted molar refractivity (Wildman–Crippen MR) is 82.5 cm³/mol. The highest BCUT2D eigenvalue weighted by atomic mass is 15.3. The molecule has 0 saturated carbocycles. The lowest BCUT2D eigenvalue weighted by Crippen LogP contribution is -2.34. The van der Waals surface area contributed by atoms with Gasteiger partial charge in [-0.3, -0.25) is 4.68 Å². The zero-order valence-electron chi connectivity index (χ0n) is 13.4. The van der Waals surface area contributed by atoms with E-state index in [4.69, 9.17) is 0 Å². The Bertz CT molecular complexity index is 370. The van der Waals surface area contributed by atoms with Gasteiger partial charge in [0.2, 0.25) is 0 Å². The number of hydrogen-bond donors (Lipinski definition) is 1. The maximum Gasteiger partial charge on any atom is 0.0624 e. The molecule has 3 nitrogen and oxygen atoms in total. The second-order valence-electron chi connectivity index (χ2n) is 5.81. The summed E-state index contributed by atoms with van der Waals surface area (Å²) in [5.41, 5.74) is 2.94. The van der Waals surface area contributed by atoms with Crippen LogP contribution < -0.4 is 5.32 Å². The second kappa shape index (κ2) is 7.68. The Balaban J connectivity index is 2.75. The summed E-state index contributed by atoms with van der Waals surface area (Å²) in [5.74, 6) is 0. The lowest BCUT2D eigenvalue weighted by Gasteiger charge is -2.29. The van der Waals surface area contributed by atoms with Crippen LogP contribution in [-0.2, 0) is 19.4 Å². The van der Waals surface area contributed by atoms with Gasteiger partial charge in [-0.1, -0.05) is 27.7 Å². The summed E-state index contributed by atoms with van der Waals surface area (Å²) in [6.45, 7) is 14.4. The molecule has 1 aromatic heterocycles. The molecule has 0 spiro atoms. The summed E-state index contributed by atoms with van der Waals surface area (Å²) >= 11 is 0. The molecular formula is C16H31N3. The Morgan fingerprint density at radius 2 is 2.00 bits per heavy atom. The SMILES string of the molecule is CCCNCC(C)(CC)Cc1cc(CC)nn1CC. The standard InChI is InChI=1S/C16H31N3/c1-6-10-17-13-16(5,8-3)12-15-11-14(7-2)18-19(15)9-4/h11,17H,6-10,12-13H2,1-5H3. The molecule has 0 aliphatic heterocycles. The minimum Gasteiger partial charge on any atom is -0.316 e. The van der Waals surface area contributed by atoms with Crippen LogP contribution in [0.1, 0.15) is 58.8 Å². The Morgan fingerprint density at radius 3 is 2.53 bits per heavy atom. The van der Waals surface area contributed by atoms with Crippen LogP contribution in [-0.4, -0.2) is 22.9 Å². The average molecular weight is 265 g/mol. The fraction of sp³-hybridized carbons (Fsp3) is 0.812. The largest absolute Gasteiger partial charge is 0.316 e. The van der Waals surface area contributed by atoms with E-state index in [1.807, 2.05) is 0 Å². The second-order valence-corrected chi connectivity index (χ2v) is 5.81. The van der Waals surface area contributed by atoms with E-state index in [0.717, 1.165) is 32.5 Å². The fourth-order valence-corrected chi connectivity index (χ4v) is 2.42. The van der Waals surface area contributed by atoms with Gasteiger partial charge in [0.1, 0.15) is 0 Å². The van der Waals surface area contributed by atoms with Gasteiger partial charge >= 0.3 is 0 Å². The van der Waals surface area contributed by atoms with Gasteiger partial charge < -0.3 is 5.32 Å². The maximum atomic E-state index is 4.66. The highest BCUT2D eigenvalue weighted by Crippen LogP contribution is 2.26. The van der Waals surface area contributed by atoms with Crippen molar-refractivity contribution < 1.29 is 0 Å². The van der Waals surface area contributed by atoms with Crippen LogP contribution in [0, 0.1) is 5.41 Å². The molecule has 1 rings (SSSR count). The zero-order chi connectivity index (χ0) is 14.3. The number of aryl methyl sites for hydroxylation is 2. The first-order chi connectivity index (χ1) is 9.08. The number of nitrogens with zero attached hydrogens (tertiary/aromatic N) is 2. The molecule has 0 aliphatic rings. The molecule has 0 bridgehead atoms. The van der Waals surface area contributed by atoms with E-state index < -0.39 is 0 Å². The molecule has 110 valence electrons. The van der Waals surface area contributed by atoms with Gasteiger partial charge in [0.25, 0.3) is 0 Å². The van der Waals surface area contributed by atoms with Crippen molar-refractivity contribution in [2.45, 2.75) is 66.8 Å². The van der Waals surface area contributed by atoms with E-state index in [9.17, 15) is 0 Å². The Morgan fingerprint density at radius 1 is 1.26 bits per heavy atom. The van der Waals surface area contributed by atoms with Crippen LogP contribution in [0.5, 0.6) is 0 Å². The number of nitrogens with one attached hydrogen (secondary N) is 1. The molecule has 1 atom stereocenters. The minimum atomic E-state index is 0.327. The lowest BCUT2D eigenvalue weighted by molar-refractivity contribution is 0.283. The maximum absolute atomic E-state index is 4.66. The fourth-order valence-electron chi connectivity index (χ4n) is 2.42. The van der Waals surface area contributed by atoms with Crippen LogP contribution in [0.2, 0.25) is 0 Å². The quantitative estimate of drug-likeness (QED) is 0.693. The first kappa shape index (κ1) is 16.2. The van der Waals surface area contributed by atoms with Crippen LogP contribution in [0.4, 0.5) is 0 Å². The van der Waals surface area contributed by atoms with Crippen molar-refractivity contribution >= 4 is 0 Å². The van der Waals surface area contributed by atoms with Crippen LogP contribution in [0.25, 0.3) is 0 Å². The first-order valence-electron chi connectivity index (χ1n) is 7.84. The van der Waals surface area contributed by atoms with Gasteiger partial charge in [-0.2, -0.15) is 5.10 Å². The number of aromatic nitrogens is 2. The van der Waals surface area contributed by atoms with Crippen LogP contribution >= 0.6 is 0 Å². The summed E-state index contributed by atoms with van der Waals surface area (Å²) < 4.78 is 2.17. The molecular weight excluding hydrogens is 234 g/mol. The van der Waals surface area contributed by atoms with E-state index in [2.05, 4.69) is 55.8 Å². The summed E-state index contributed by atoms with van der Waals surface area (Å²) in [4.78, 5) is 0. The molecule has 0 aliphatic carbocycles. The third-order valence-electron chi connectivity index (χ3n) is 4.02. The van der Waals surface area contributed by atoms with E-state index >= 15 is 0 Å². The molecule has 0 amide bonds. The molecule has 0 saturated heterocycles. The average Bonchev–Trinajstić information content (AvgIpc) is 2.81. The van der Waals surface area contributed by atoms with Crippen molar-refractivity contribution in [2.75, 3.05) is 13.1 Å². The molecule has 0 fully saturated rings. The van der Waals surface area contributed by atoms with Crippen LogP contribution in [0.3, 0.4) is 0 Å². The van der Waals surface area contributed by atoms with E-state index in [1.165, 1.54) is 24.2 Å². The normalized spacial score (nSPS) is 14.6. The van der Waals surface area contributed by atoms with Crippen molar-refractivity contribution in [3.05, 3.63) is 17.5 Å². The van der Waals surface area contributed by atoms with Gasteiger partial charge in [0.15, 0.2) is 0 Å². The van der Waals surface area contributed by atoms with Gasteiger partial charge in [0.05, 0.1) is 5.69 Å². The highest BCUT2D eigenvalue weighted by Gasteiger charge is 2.24. The smallest absolute Gasteiger partial charge is 0.0624 e. The monoisotopic (exact) mass is 265 g/mol. The summed E-state index contributed by atoms with van der Waals surface area (Å²) in [6, 6.07) is 2.29. The van der Waals surface area contributed by atoms with Gasteiger partial charge in [0, 0.05) is 18.8 Å². The Kier molecular flexibility index (Phi) is 6.56. The van der Waals surface area contributed by atoms with Gasteiger partial charge in [-0.25, -0.2) is 0 Å². The van der Waals surface area contributed by atoms with E-state index in [-0.39, 0.29) is 0 Å². The summed E-state index contributed by atoms with van der Waals surface area (Å²) in [7, 11) is 0. The molecule has 19 heavy (non-hydrogen) atoms. The Hall–Kier alpha value is -0.830. The van der Waals surface area contributed by atoms with E-state index in [1.54, 1.807) is 0 Å². The minimum absolute atomic E-state index is 0.327. The van der Waals surface area contributed by atoms with Crippen molar-refractivity contribution in [1.82, 2.24) is 15.1 Å². The van der Waals surface area contributed by atoms with Crippen molar-refractivity contribution in [2.24, 2.45) is 5.41 Å². The zero-order valence-corrected chi connectivity index (χ0v) is 13.4.